The maximum Gasteiger partial charge on any atom is 0.416 e. The topological polar surface area (TPSA) is 49.4 Å². The van der Waals surface area contributed by atoms with Gasteiger partial charge in [0.1, 0.15) is 0 Å². The summed E-state index contributed by atoms with van der Waals surface area (Å²) < 4.78 is 78.1. The molecule has 0 atom stereocenters. The van der Waals surface area contributed by atoms with Gasteiger partial charge in [-0.3, -0.25) is 9.59 Å². The van der Waals surface area contributed by atoms with Crippen LogP contribution in [-0.2, 0) is 21.9 Å². The number of rotatable bonds is 4. The lowest BCUT2D eigenvalue weighted by Gasteiger charge is -2.34. The van der Waals surface area contributed by atoms with Gasteiger partial charge in [0.15, 0.2) is 0 Å². The predicted octanol–water partition coefficient (Wildman–Crippen LogP) is 6.65. The third-order valence-corrected chi connectivity index (χ3v) is 6.73. The Morgan fingerprint density at radius 2 is 1.29 bits per heavy atom. The van der Waals surface area contributed by atoms with Crippen molar-refractivity contribution in [1.82, 2.24) is 4.90 Å². The van der Waals surface area contributed by atoms with Crippen LogP contribution < -0.4 is 5.32 Å². The Hall–Kier alpha value is -2.26. The maximum atomic E-state index is 13.0. The molecule has 0 radical (unpaired) electrons. The molecule has 1 saturated heterocycles. The van der Waals surface area contributed by atoms with Gasteiger partial charge in [-0.05, 0) is 49.8 Å². The van der Waals surface area contributed by atoms with E-state index in [0.717, 1.165) is 38.5 Å². The molecule has 2 aliphatic rings. The van der Waals surface area contributed by atoms with Crippen LogP contribution in [0, 0.1) is 11.8 Å². The van der Waals surface area contributed by atoms with Gasteiger partial charge in [-0.2, -0.15) is 26.3 Å². The van der Waals surface area contributed by atoms with Crippen molar-refractivity contribution in [3.05, 3.63) is 29.3 Å². The van der Waals surface area contributed by atoms with E-state index in [-0.39, 0.29) is 30.2 Å². The zero-order valence-electron chi connectivity index (χ0n) is 18.9. The number of piperidine rings is 1. The van der Waals surface area contributed by atoms with E-state index in [0.29, 0.717) is 38.1 Å². The number of hydrogen-bond donors (Lipinski definition) is 1. The lowest BCUT2D eigenvalue weighted by molar-refractivity contribution is -0.143. The fraction of sp³-hybridized carbons (Fsp3) is 0.667. The van der Waals surface area contributed by atoms with E-state index >= 15 is 0 Å². The molecule has 1 saturated carbocycles. The number of benzene rings is 1. The van der Waals surface area contributed by atoms with Gasteiger partial charge in [-0.15, -0.1) is 0 Å². The summed E-state index contributed by atoms with van der Waals surface area (Å²) >= 11 is 0. The lowest BCUT2D eigenvalue weighted by Crippen LogP contribution is -2.42. The van der Waals surface area contributed by atoms with Gasteiger partial charge in [-0.25, -0.2) is 0 Å². The highest BCUT2D eigenvalue weighted by Crippen LogP contribution is 2.37. The fourth-order valence-electron chi connectivity index (χ4n) is 4.82. The van der Waals surface area contributed by atoms with Crippen molar-refractivity contribution >= 4 is 17.5 Å². The van der Waals surface area contributed by atoms with Crippen LogP contribution in [0.25, 0.3) is 0 Å². The molecule has 1 N–H and O–H groups in total. The fourth-order valence-corrected chi connectivity index (χ4v) is 4.82. The van der Waals surface area contributed by atoms with Crippen LogP contribution in [0.1, 0.15) is 75.3 Å². The molecule has 2 amide bonds. The Morgan fingerprint density at radius 1 is 0.794 bits per heavy atom. The molecule has 0 unspecified atom stereocenters. The van der Waals surface area contributed by atoms with Crippen LogP contribution in [0.15, 0.2) is 18.2 Å². The minimum absolute atomic E-state index is 0.0247. The molecule has 1 heterocycles. The van der Waals surface area contributed by atoms with Crippen molar-refractivity contribution in [2.24, 2.45) is 11.8 Å². The van der Waals surface area contributed by atoms with Crippen LogP contribution in [0.4, 0.5) is 32.0 Å². The number of nitrogens with zero attached hydrogens (tertiary/aromatic N) is 1. The molecule has 34 heavy (non-hydrogen) atoms. The number of nitrogens with one attached hydrogen (secondary N) is 1. The zero-order valence-corrected chi connectivity index (χ0v) is 18.9. The highest BCUT2D eigenvalue weighted by molar-refractivity contribution is 5.91. The minimum atomic E-state index is -4.98. The summed E-state index contributed by atoms with van der Waals surface area (Å²) in [6.45, 7) is 1.02. The number of likely N-dealkylation sites (tertiary alicyclic amines) is 1. The summed E-state index contributed by atoms with van der Waals surface area (Å²) in [6.07, 6.45) is -1.41. The van der Waals surface area contributed by atoms with Crippen molar-refractivity contribution in [3.63, 3.8) is 0 Å². The Kier molecular flexibility index (Phi) is 8.52. The maximum absolute atomic E-state index is 13.0. The Balaban J connectivity index is 1.55. The van der Waals surface area contributed by atoms with Crippen LogP contribution in [0.5, 0.6) is 0 Å². The summed E-state index contributed by atoms with van der Waals surface area (Å²) in [6, 6.07) is 1.03. The Morgan fingerprint density at radius 3 is 1.79 bits per heavy atom. The van der Waals surface area contributed by atoms with E-state index in [9.17, 15) is 35.9 Å². The molecule has 190 valence electrons. The quantitative estimate of drug-likeness (QED) is 0.479. The van der Waals surface area contributed by atoms with Crippen LogP contribution >= 0.6 is 0 Å². The van der Waals surface area contributed by atoms with Gasteiger partial charge < -0.3 is 10.2 Å². The Labute approximate surface area is 195 Å². The molecular formula is C24H30F6N2O2. The summed E-state index contributed by atoms with van der Waals surface area (Å²) in [5.74, 6) is -0.524. The molecule has 10 heteroatoms. The van der Waals surface area contributed by atoms with Gasteiger partial charge in [0.05, 0.1) is 11.1 Å². The predicted molar refractivity (Wildman–Crippen MR) is 115 cm³/mol. The number of amides is 2. The standard InChI is InChI=1S/C24H30F6N2O2/c25-23(26,27)18-13-19(24(28,29)30)15-20(14-18)31-21(33)12-16-8-10-32(11-9-16)22(34)17-6-4-2-1-3-5-7-17/h13-17H,1-12H2,(H,31,33). The largest absolute Gasteiger partial charge is 0.416 e. The molecule has 3 rings (SSSR count). The zero-order chi connectivity index (χ0) is 24.9. The molecule has 1 aliphatic carbocycles. The third kappa shape index (κ3) is 7.37. The first-order valence-electron chi connectivity index (χ1n) is 11.8. The van der Waals surface area contributed by atoms with Crippen LogP contribution in [-0.4, -0.2) is 29.8 Å². The monoisotopic (exact) mass is 492 g/mol. The average molecular weight is 493 g/mol. The first kappa shape index (κ1) is 26.3. The summed E-state index contributed by atoms with van der Waals surface area (Å²) in [5, 5.41) is 2.19. The summed E-state index contributed by atoms with van der Waals surface area (Å²) in [4.78, 5) is 27.1. The molecular weight excluding hydrogens is 462 g/mol. The van der Waals surface area contributed by atoms with Gasteiger partial charge >= 0.3 is 12.4 Å². The van der Waals surface area contributed by atoms with E-state index in [1.165, 1.54) is 6.42 Å². The molecule has 0 spiro atoms. The minimum Gasteiger partial charge on any atom is -0.342 e. The number of carbonyl (C=O) groups excluding carboxylic acids is 2. The van der Waals surface area contributed by atoms with Gasteiger partial charge in [0.25, 0.3) is 0 Å². The number of alkyl halides is 6. The summed E-state index contributed by atoms with van der Waals surface area (Å²) in [7, 11) is 0. The average Bonchev–Trinajstić information content (AvgIpc) is 2.72. The van der Waals surface area contributed by atoms with Crippen LogP contribution in [0.3, 0.4) is 0 Å². The second-order valence-corrected chi connectivity index (χ2v) is 9.36. The normalized spacial score (nSPS) is 19.4. The van der Waals surface area contributed by atoms with Crippen LogP contribution in [0.2, 0.25) is 0 Å². The van der Waals surface area contributed by atoms with Crippen molar-refractivity contribution in [1.29, 1.82) is 0 Å². The Bertz CT molecular complexity index is 820. The lowest BCUT2D eigenvalue weighted by atomic mass is 9.88. The molecule has 1 aromatic rings. The van der Waals surface area contributed by atoms with Gasteiger partial charge in [0.2, 0.25) is 11.8 Å². The second kappa shape index (κ2) is 11.0. The number of anilines is 1. The number of hydrogen-bond acceptors (Lipinski definition) is 2. The van der Waals surface area contributed by atoms with Crippen molar-refractivity contribution in [2.75, 3.05) is 18.4 Å². The summed E-state index contributed by atoms with van der Waals surface area (Å²) in [5.41, 5.74) is -3.48. The van der Waals surface area contributed by atoms with Crippen molar-refractivity contribution in [3.8, 4) is 0 Å². The highest BCUT2D eigenvalue weighted by Gasteiger charge is 2.37. The second-order valence-electron chi connectivity index (χ2n) is 9.36. The van der Waals surface area contributed by atoms with Gasteiger partial charge in [0, 0.05) is 31.1 Å². The van der Waals surface area contributed by atoms with E-state index in [2.05, 4.69) is 5.32 Å². The molecule has 2 fully saturated rings. The van der Waals surface area contributed by atoms with Crippen molar-refractivity contribution < 1.29 is 35.9 Å². The SMILES string of the molecule is O=C(CC1CCN(C(=O)C2CCCCCCC2)CC1)Nc1cc(C(F)(F)F)cc(C(F)(F)F)c1. The smallest absolute Gasteiger partial charge is 0.342 e. The van der Waals surface area contributed by atoms with Crippen molar-refractivity contribution in [2.45, 2.75) is 76.6 Å². The number of carbonyl (C=O) groups is 2. The third-order valence-electron chi connectivity index (χ3n) is 6.73. The molecule has 1 aromatic carbocycles. The molecule has 4 nitrogen and oxygen atoms in total. The van der Waals surface area contributed by atoms with E-state index in [1.54, 1.807) is 0 Å². The highest BCUT2D eigenvalue weighted by atomic mass is 19.4. The first-order valence-corrected chi connectivity index (χ1v) is 11.8. The molecule has 1 aliphatic heterocycles. The van der Waals surface area contributed by atoms with Gasteiger partial charge in [-0.1, -0.05) is 32.1 Å². The number of halogens is 6. The van der Waals surface area contributed by atoms with E-state index in [1.807, 2.05) is 4.90 Å². The first-order chi connectivity index (χ1) is 15.9. The molecule has 0 aromatic heterocycles. The molecule has 0 bridgehead atoms. The van der Waals surface area contributed by atoms with E-state index < -0.39 is 35.1 Å². The van der Waals surface area contributed by atoms with E-state index in [4.69, 9.17) is 0 Å².